The van der Waals surface area contributed by atoms with Crippen LogP contribution in [-0.2, 0) is 0 Å². The lowest BCUT2D eigenvalue weighted by atomic mass is 10.00. The Morgan fingerprint density at radius 1 is 0.500 bits per heavy atom. The van der Waals surface area contributed by atoms with Gasteiger partial charge in [-0.1, -0.05) is 109 Å². The third kappa shape index (κ3) is 5.24. The van der Waals surface area contributed by atoms with Crippen LogP contribution in [0.5, 0.6) is 11.5 Å². The number of rotatable bonds is 6. The zero-order chi connectivity index (χ0) is 34.4. The zero-order valence-corrected chi connectivity index (χ0v) is 28.4. The highest BCUT2D eigenvalue weighted by atomic mass is 16.5. The van der Waals surface area contributed by atoms with Crippen molar-refractivity contribution in [1.82, 2.24) is 0 Å². The summed E-state index contributed by atoms with van der Waals surface area (Å²) in [5.41, 5.74) is 11.9. The van der Waals surface area contributed by atoms with E-state index in [2.05, 4.69) is 168 Å². The summed E-state index contributed by atoms with van der Waals surface area (Å²) in [6, 6.07) is 58.0. The van der Waals surface area contributed by atoms with Crippen molar-refractivity contribution in [1.29, 1.82) is 0 Å². The van der Waals surface area contributed by atoms with E-state index < -0.39 is 0 Å². The normalized spacial score (nSPS) is 14.6. The molecular formula is C48H34N2O2. The summed E-state index contributed by atoms with van der Waals surface area (Å²) in [5.74, 6) is 1.68. The molecule has 52 heavy (non-hydrogen) atoms. The number of hydrogen-bond acceptors (Lipinski definition) is 4. The smallest absolute Gasteiger partial charge is 0.152 e. The Labute approximate surface area is 302 Å². The fraction of sp³-hybridized carbons (Fsp3) is 0.0417. The monoisotopic (exact) mass is 670 g/mol. The number of para-hydroxylation sites is 4. The predicted molar refractivity (Wildman–Crippen MR) is 215 cm³/mol. The molecule has 4 nitrogen and oxygen atoms in total. The lowest BCUT2D eigenvalue weighted by Gasteiger charge is -2.33. The number of nitrogens with zero attached hydrogens (tertiary/aromatic N) is 2. The van der Waals surface area contributed by atoms with E-state index in [-0.39, 0.29) is 6.04 Å². The van der Waals surface area contributed by atoms with Gasteiger partial charge < -0.3 is 19.0 Å². The number of ether oxygens (including phenoxy) is 1. The molecule has 0 bridgehead atoms. The first-order valence-corrected chi connectivity index (χ1v) is 17.8. The van der Waals surface area contributed by atoms with Crippen LogP contribution in [0.1, 0.15) is 6.42 Å². The number of furan rings is 1. The van der Waals surface area contributed by atoms with Crippen molar-refractivity contribution in [2.75, 3.05) is 9.80 Å². The Morgan fingerprint density at radius 2 is 1.13 bits per heavy atom. The molecule has 1 atom stereocenters. The molecule has 0 saturated carbocycles. The minimum atomic E-state index is 0.205. The Kier molecular flexibility index (Phi) is 7.24. The van der Waals surface area contributed by atoms with Crippen molar-refractivity contribution < 1.29 is 9.15 Å². The molecule has 0 spiro atoms. The van der Waals surface area contributed by atoms with Gasteiger partial charge in [-0.25, -0.2) is 0 Å². The molecule has 0 radical (unpaired) electrons. The summed E-state index contributed by atoms with van der Waals surface area (Å²) in [6.07, 6.45) is 9.75. The second-order valence-corrected chi connectivity index (χ2v) is 13.3. The first-order chi connectivity index (χ1) is 25.8. The maximum atomic E-state index is 6.50. The molecule has 10 rings (SSSR count). The molecule has 0 amide bonds. The van der Waals surface area contributed by atoms with Crippen LogP contribution in [0.15, 0.2) is 193 Å². The van der Waals surface area contributed by atoms with Gasteiger partial charge in [-0.05, 0) is 108 Å². The van der Waals surface area contributed by atoms with Gasteiger partial charge in [0, 0.05) is 27.8 Å². The van der Waals surface area contributed by atoms with Crippen LogP contribution in [0.4, 0.5) is 28.4 Å². The quantitative estimate of drug-likeness (QED) is 0.176. The van der Waals surface area contributed by atoms with Gasteiger partial charge in [0.15, 0.2) is 11.5 Å². The molecular weight excluding hydrogens is 637 g/mol. The van der Waals surface area contributed by atoms with Crippen molar-refractivity contribution in [3.8, 4) is 33.8 Å². The Balaban J connectivity index is 0.967. The van der Waals surface area contributed by atoms with Crippen LogP contribution >= 0.6 is 0 Å². The topological polar surface area (TPSA) is 28.9 Å². The maximum Gasteiger partial charge on any atom is 0.152 e. The van der Waals surface area contributed by atoms with E-state index in [1.165, 1.54) is 11.1 Å². The largest absolute Gasteiger partial charge is 0.456 e. The number of anilines is 5. The van der Waals surface area contributed by atoms with Gasteiger partial charge in [-0.3, -0.25) is 0 Å². The van der Waals surface area contributed by atoms with Gasteiger partial charge in [0.05, 0.1) is 17.4 Å². The number of benzene rings is 7. The summed E-state index contributed by atoms with van der Waals surface area (Å²) in [7, 11) is 0. The van der Waals surface area contributed by atoms with Crippen LogP contribution < -0.4 is 14.5 Å². The Morgan fingerprint density at radius 3 is 1.90 bits per heavy atom. The Bertz CT molecular complexity index is 2640. The highest BCUT2D eigenvalue weighted by Gasteiger charge is 2.26. The molecule has 4 heteroatoms. The minimum Gasteiger partial charge on any atom is -0.456 e. The molecule has 0 saturated heterocycles. The molecule has 2 aliphatic rings. The standard InChI is InChI=1S/C48H34N2O2/c1-3-11-37(12-4-1)49(39-25-19-33(20-26-39)35-24-30-46-42(31-35)41-15-7-9-17-45(41)51-46)40-27-21-34(22-28-40)36-23-29-44-48(32-36)52-47-18-10-8-16-43(47)50(44)38-13-5-2-6-14-38/h1-11,13-32,37H,12H2. The second kappa shape index (κ2) is 12.5. The summed E-state index contributed by atoms with van der Waals surface area (Å²) < 4.78 is 12.6. The zero-order valence-electron chi connectivity index (χ0n) is 28.4. The minimum absolute atomic E-state index is 0.205. The van der Waals surface area contributed by atoms with Gasteiger partial charge in [-0.15, -0.1) is 0 Å². The lowest BCUT2D eigenvalue weighted by Crippen LogP contribution is -2.29. The molecule has 8 aromatic rings. The van der Waals surface area contributed by atoms with E-state index in [1.807, 2.05) is 30.3 Å². The fourth-order valence-electron chi connectivity index (χ4n) is 7.62. The molecule has 248 valence electrons. The van der Waals surface area contributed by atoms with Crippen LogP contribution in [0.25, 0.3) is 44.2 Å². The number of fused-ring (bicyclic) bond motifs is 5. The Hall–Kier alpha value is -6.78. The first kappa shape index (κ1) is 30.1. The summed E-state index contributed by atoms with van der Waals surface area (Å²) in [5, 5.41) is 2.28. The van der Waals surface area contributed by atoms with Crippen LogP contribution in [0.2, 0.25) is 0 Å². The lowest BCUT2D eigenvalue weighted by molar-refractivity contribution is 0.477. The molecule has 2 heterocycles. The van der Waals surface area contributed by atoms with E-state index in [0.29, 0.717) is 0 Å². The van der Waals surface area contributed by atoms with Crippen molar-refractivity contribution in [2.45, 2.75) is 12.5 Å². The third-order valence-corrected chi connectivity index (χ3v) is 10.2. The molecule has 1 aromatic heterocycles. The van der Waals surface area contributed by atoms with E-state index in [0.717, 1.165) is 79.4 Å². The van der Waals surface area contributed by atoms with Crippen molar-refractivity contribution in [3.63, 3.8) is 0 Å². The van der Waals surface area contributed by atoms with Crippen LogP contribution in [0, 0.1) is 0 Å². The fourth-order valence-corrected chi connectivity index (χ4v) is 7.62. The summed E-state index contributed by atoms with van der Waals surface area (Å²) >= 11 is 0. The molecule has 0 N–H and O–H groups in total. The van der Waals surface area contributed by atoms with Crippen LogP contribution in [-0.4, -0.2) is 6.04 Å². The van der Waals surface area contributed by atoms with Gasteiger partial charge in [0.25, 0.3) is 0 Å². The van der Waals surface area contributed by atoms with E-state index in [9.17, 15) is 0 Å². The SMILES string of the molecule is C1=CCC(N(c2ccc(-c3ccc4c(c3)Oc3ccccc3N4c3ccccc3)cc2)c2ccc(-c3ccc4oc5ccccc5c4c3)cc2)C=C1. The molecule has 7 aromatic carbocycles. The number of hydrogen-bond donors (Lipinski definition) is 0. The average molecular weight is 671 g/mol. The maximum absolute atomic E-state index is 6.50. The van der Waals surface area contributed by atoms with E-state index in [1.54, 1.807) is 0 Å². The van der Waals surface area contributed by atoms with E-state index >= 15 is 0 Å². The van der Waals surface area contributed by atoms with Gasteiger partial charge in [-0.2, -0.15) is 0 Å². The molecule has 1 aliphatic heterocycles. The van der Waals surface area contributed by atoms with Crippen molar-refractivity contribution >= 4 is 50.4 Å². The summed E-state index contributed by atoms with van der Waals surface area (Å²) in [4.78, 5) is 4.71. The predicted octanol–water partition coefficient (Wildman–Crippen LogP) is 13.5. The highest BCUT2D eigenvalue weighted by Crippen LogP contribution is 2.51. The average Bonchev–Trinajstić information content (AvgIpc) is 3.59. The summed E-state index contributed by atoms with van der Waals surface area (Å²) in [6.45, 7) is 0. The molecule has 1 unspecified atom stereocenters. The van der Waals surface area contributed by atoms with Gasteiger partial charge in [0.2, 0.25) is 0 Å². The van der Waals surface area contributed by atoms with Gasteiger partial charge in [0.1, 0.15) is 11.2 Å². The highest BCUT2D eigenvalue weighted by molar-refractivity contribution is 6.06. The van der Waals surface area contributed by atoms with Crippen molar-refractivity contribution in [2.24, 2.45) is 0 Å². The molecule has 0 fully saturated rings. The number of allylic oxidation sites excluding steroid dienone is 2. The molecule has 1 aliphatic carbocycles. The van der Waals surface area contributed by atoms with Crippen LogP contribution in [0.3, 0.4) is 0 Å². The second-order valence-electron chi connectivity index (χ2n) is 13.3. The first-order valence-electron chi connectivity index (χ1n) is 17.8. The van der Waals surface area contributed by atoms with Crippen molar-refractivity contribution in [3.05, 3.63) is 188 Å². The van der Waals surface area contributed by atoms with E-state index in [4.69, 9.17) is 9.15 Å². The van der Waals surface area contributed by atoms with Gasteiger partial charge >= 0.3 is 0 Å². The third-order valence-electron chi connectivity index (χ3n) is 10.2.